The molecule has 1 aromatic carbocycles. The minimum atomic E-state index is -3.74. The molecule has 0 bridgehead atoms. The van der Waals surface area contributed by atoms with Gasteiger partial charge in [-0.3, -0.25) is 4.79 Å². The van der Waals surface area contributed by atoms with E-state index in [1.54, 1.807) is 0 Å². The van der Waals surface area contributed by atoms with E-state index in [0.29, 0.717) is 29.7 Å². The zero-order valence-corrected chi connectivity index (χ0v) is 13.5. The van der Waals surface area contributed by atoms with Crippen molar-refractivity contribution in [1.82, 2.24) is 4.31 Å². The van der Waals surface area contributed by atoms with Crippen molar-refractivity contribution in [2.24, 2.45) is 5.92 Å². The van der Waals surface area contributed by atoms with Crippen molar-refractivity contribution in [3.05, 3.63) is 22.2 Å². The van der Waals surface area contributed by atoms with E-state index in [1.165, 1.54) is 10.4 Å². The molecule has 1 saturated heterocycles. The fourth-order valence-corrected chi connectivity index (χ4v) is 5.07. The van der Waals surface area contributed by atoms with Crippen LogP contribution < -0.4 is 4.74 Å². The number of sulfonamides is 1. The van der Waals surface area contributed by atoms with Crippen molar-refractivity contribution < 1.29 is 23.1 Å². The summed E-state index contributed by atoms with van der Waals surface area (Å²) in [6.45, 7) is 0.700. The molecule has 2 aliphatic rings. The second-order valence-electron chi connectivity index (χ2n) is 5.18. The Kier molecular flexibility index (Phi) is 3.71. The first kappa shape index (κ1) is 14.8. The molecule has 3 rings (SSSR count). The lowest BCUT2D eigenvalue weighted by molar-refractivity contribution is -0.141. The summed E-state index contributed by atoms with van der Waals surface area (Å²) < 4.78 is 32.9. The number of fused-ring (bicyclic) bond motifs is 1. The molecule has 8 heteroatoms. The zero-order chi connectivity index (χ0) is 15.2. The SMILES string of the molecule is O=C(O)C1CCN(S(=O)(=O)c2cc(Br)cc3c2OCC3)C1. The molecule has 0 amide bonds. The van der Waals surface area contributed by atoms with E-state index in [-0.39, 0.29) is 18.0 Å². The molecule has 6 nitrogen and oxygen atoms in total. The highest BCUT2D eigenvalue weighted by Gasteiger charge is 2.38. The van der Waals surface area contributed by atoms with Crippen LogP contribution in [0.3, 0.4) is 0 Å². The van der Waals surface area contributed by atoms with Crippen LogP contribution in [-0.2, 0) is 21.2 Å². The van der Waals surface area contributed by atoms with Crippen LogP contribution in [0.15, 0.2) is 21.5 Å². The van der Waals surface area contributed by atoms with Gasteiger partial charge in [0, 0.05) is 29.5 Å². The predicted octanol–water partition coefficient (Wildman–Crippen LogP) is 1.48. The highest BCUT2D eigenvalue weighted by Crippen LogP contribution is 2.38. The summed E-state index contributed by atoms with van der Waals surface area (Å²) in [6.07, 6.45) is 1.01. The topological polar surface area (TPSA) is 83.9 Å². The Hall–Kier alpha value is -1.12. The molecule has 1 fully saturated rings. The number of aliphatic carboxylic acids is 1. The second kappa shape index (κ2) is 5.26. The molecule has 0 aromatic heterocycles. The van der Waals surface area contributed by atoms with Crippen molar-refractivity contribution in [3.63, 3.8) is 0 Å². The first-order valence-electron chi connectivity index (χ1n) is 6.58. The smallest absolute Gasteiger partial charge is 0.307 e. The Morgan fingerprint density at radius 3 is 2.86 bits per heavy atom. The van der Waals surface area contributed by atoms with E-state index in [2.05, 4.69) is 15.9 Å². The van der Waals surface area contributed by atoms with E-state index < -0.39 is 21.9 Å². The minimum Gasteiger partial charge on any atom is -0.492 e. The van der Waals surface area contributed by atoms with Crippen molar-refractivity contribution >= 4 is 31.9 Å². The van der Waals surface area contributed by atoms with Crippen LogP contribution in [0.4, 0.5) is 0 Å². The van der Waals surface area contributed by atoms with Crippen LogP contribution >= 0.6 is 15.9 Å². The molecule has 1 unspecified atom stereocenters. The molecule has 0 saturated carbocycles. The maximum Gasteiger partial charge on any atom is 0.307 e. The number of carbonyl (C=O) groups is 1. The average molecular weight is 376 g/mol. The van der Waals surface area contributed by atoms with Gasteiger partial charge in [-0.15, -0.1) is 0 Å². The fourth-order valence-electron chi connectivity index (χ4n) is 2.71. The number of carboxylic acids is 1. The second-order valence-corrected chi connectivity index (χ2v) is 8.00. The van der Waals surface area contributed by atoms with Crippen LogP contribution in [0.2, 0.25) is 0 Å². The number of benzene rings is 1. The van der Waals surface area contributed by atoms with Gasteiger partial charge in [-0.25, -0.2) is 8.42 Å². The van der Waals surface area contributed by atoms with Gasteiger partial charge in [-0.1, -0.05) is 15.9 Å². The van der Waals surface area contributed by atoms with E-state index >= 15 is 0 Å². The minimum absolute atomic E-state index is 0.0129. The number of nitrogens with zero attached hydrogens (tertiary/aromatic N) is 1. The van der Waals surface area contributed by atoms with E-state index in [0.717, 1.165) is 5.56 Å². The standard InChI is InChI=1S/C13H14BrNO5S/c14-10-5-8-2-4-20-12(8)11(6-10)21(18,19)15-3-1-9(7-15)13(16)17/h5-6,9H,1-4,7H2,(H,16,17). The van der Waals surface area contributed by atoms with Crippen LogP contribution in [0, 0.1) is 5.92 Å². The summed E-state index contributed by atoms with van der Waals surface area (Å²) >= 11 is 3.32. The monoisotopic (exact) mass is 375 g/mol. The molecule has 2 heterocycles. The molecule has 0 aliphatic carbocycles. The molecule has 1 aromatic rings. The molecule has 114 valence electrons. The summed E-state index contributed by atoms with van der Waals surface area (Å²) in [6, 6.07) is 3.37. The summed E-state index contributed by atoms with van der Waals surface area (Å²) in [5, 5.41) is 9.01. The lowest BCUT2D eigenvalue weighted by Crippen LogP contribution is -2.30. The highest BCUT2D eigenvalue weighted by molar-refractivity contribution is 9.10. The van der Waals surface area contributed by atoms with E-state index in [4.69, 9.17) is 9.84 Å². The summed E-state index contributed by atoms with van der Waals surface area (Å²) in [7, 11) is -3.74. The molecule has 21 heavy (non-hydrogen) atoms. The molecule has 1 atom stereocenters. The zero-order valence-electron chi connectivity index (χ0n) is 11.1. The van der Waals surface area contributed by atoms with Crippen molar-refractivity contribution in [1.29, 1.82) is 0 Å². The van der Waals surface area contributed by atoms with Crippen LogP contribution in [0.25, 0.3) is 0 Å². The average Bonchev–Trinajstić information content (AvgIpc) is 3.06. The van der Waals surface area contributed by atoms with E-state index in [1.807, 2.05) is 6.07 Å². The molecule has 1 N–H and O–H groups in total. The number of ether oxygens (including phenoxy) is 1. The van der Waals surface area contributed by atoms with Gasteiger partial charge in [0.2, 0.25) is 10.0 Å². The number of hydrogen-bond acceptors (Lipinski definition) is 4. The Morgan fingerprint density at radius 2 is 2.19 bits per heavy atom. The summed E-state index contributed by atoms with van der Waals surface area (Å²) in [4.78, 5) is 11.1. The highest BCUT2D eigenvalue weighted by atomic mass is 79.9. The normalized spacial score (nSPS) is 22.0. The van der Waals surface area contributed by atoms with Gasteiger partial charge in [-0.2, -0.15) is 4.31 Å². The Balaban J connectivity index is 1.99. The fraction of sp³-hybridized carbons (Fsp3) is 0.462. The third kappa shape index (κ3) is 2.56. The quantitative estimate of drug-likeness (QED) is 0.864. The number of rotatable bonds is 3. The molecular formula is C13H14BrNO5S. The molecule has 0 spiro atoms. The van der Waals surface area contributed by atoms with Crippen LogP contribution in [0.1, 0.15) is 12.0 Å². The third-order valence-corrected chi connectivity index (χ3v) is 6.16. The number of hydrogen-bond donors (Lipinski definition) is 1. The van der Waals surface area contributed by atoms with Crippen molar-refractivity contribution in [2.45, 2.75) is 17.7 Å². The Bertz CT molecular complexity index is 703. The van der Waals surface area contributed by atoms with Crippen molar-refractivity contribution in [2.75, 3.05) is 19.7 Å². The molecular weight excluding hydrogens is 362 g/mol. The maximum atomic E-state index is 12.7. The predicted molar refractivity (Wildman–Crippen MR) is 77.8 cm³/mol. The van der Waals surface area contributed by atoms with E-state index in [9.17, 15) is 13.2 Å². The van der Waals surface area contributed by atoms with Gasteiger partial charge >= 0.3 is 5.97 Å². The van der Waals surface area contributed by atoms with Gasteiger partial charge in [-0.05, 0) is 18.6 Å². The summed E-state index contributed by atoms with van der Waals surface area (Å²) in [5.41, 5.74) is 0.858. The number of carboxylic acid groups (broad SMARTS) is 1. The Morgan fingerprint density at radius 1 is 1.43 bits per heavy atom. The first-order chi connectivity index (χ1) is 9.89. The Labute approximate surface area is 130 Å². The molecule has 0 radical (unpaired) electrons. The van der Waals surface area contributed by atoms with Gasteiger partial charge in [0.05, 0.1) is 12.5 Å². The maximum absolute atomic E-state index is 12.7. The third-order valence-electron chi connectivity index (χ3n) is 3.83. The lowest BCUT2D eigenvalue weighted by atomic mass is 10.1. The summed E-state index contributed by atoms with van der Waals surface area (Å²) in [5.74, 6) is -1.19. The van der Waals surface area contributed by atoms with Gasteiger partial charge in [0.25, 0.3) is 0 Å². The molecule has 2 aliphatic heterocycles. The lowest BCUT2D eigenvalue weighted by Gasteiger charge is -2.18. The largest absolute Gasteiger partial charge is 0.492 e. The van der Waals surface area contributed by atoms with Crippen LogP contribution in [-0.4, -0.2) is 43.5 Å². The van der Waals surface area contributed by atoms with Gasteiger partial charge < -0.3 is 9.84 Å². The number of halogens is 1. The van der Waals surface area contributed by atoms with Crippen molar-refractivity contribution in [3.8, 4) is 5.75 Å². The van der Waals surface area contributed by atoms with Crippen LogP contribution in [0.5, 0.6) is 5.75 Å². The van der Waals surface area contributed by atoms with Gasteiger partial charge in [0.1, 0.15) is 10.6 Å². The first-order valence-corrected chi connectivity index (χ1v) is 8.81. The van der Waals surface area contributed by atoms with Gasteiger partial charge in [0.15, 0.2) is 0 Å².